The van der Waals surface area contributed by atoms with Gasteiger partial charge < -0.3 is 15.1 Å². The van der Waals surface area contributed by atoms with Gasteiger partial charge in [-0.05, 0) is 55.0 Å². The van der Waals surface area contributed by atoms with Gasteiger partial charge in [0.1, 0.15) is 0 Å². The molecule has 0 bridgehead atoms. The number of nitrogens with zero attached hydrogens (tertiary/aromatic N) is 3. The van der Waals surface area contributed by atoms with Crippen molar-refractivity contribution in [3.05, 3.63) is 58.1 Å². The van der Waals surface area contributed by atoms with Crippen LogP contribution < -0.4 is 10.2 Å². The van der Waals surface area contributed by atoms with Crippen molar-refractivity contribution in [3.8, 4) is 6.07 Å². The second kappa shape index (κ2) is 7.58. The first-order chi connectivity index (χ1) is 12.1. The number of nitriles is 1. The first kappa shape index (κ1) is 17.3. The van der Waals surface area contributed by atoms with E-state index < -0.39 is 0 Å². The molecule has 1 saturated heterocycles. The highest BCUT2D eigenvalue weighted by molar-refractivity contribution is 9.10. The monoisotopic (exact) mass is 398 g/mol. The van der Waals surface area contributed by atoms with Gasteiger partial charge >= 0.3 is 6.03 Å². The van der Waals surface area contributed by atoms with Crippen molar-refractivity contribution in [1.82, 2.24) is 4.90 Å². The number of rotatable bonds is 2. The summed E-state index contributed by atoms with van der Waals surface area (Å²) >= 11 is 3.46. The van der Waals surface area contributed by atoms with Crippen LogP contribution in [0.25, 0.3) is 0 Å². The van der Waals surface area contributed by atoms with Crippen LogP contribution in [-0.2, 0) is 0 Å². The first-order valence-electron chi connectivity index (χ1n) is 8.14. The number of halogens is 1. The van der Waals surface area contributed by atoms with Crippen LogP contribution in [0.15, 0.2) is 46.9 Å². The van der Waals surface area contributed by atoms with E-state index in [9.17, 15) is 4.79 Å². The molecule has 2 aromatic carbocycles. The number of carbonyl (C=O) groups is 1. The van der Waals surface area contributed by atoms with E-state index in [1.807, 2.05) is 54.3 Å². The number of nitrogens with one attached hydrogen (secondary N) is 1. The lowest BCUT2D eigenvalue weighted by molar-refractivity contribution is 0.208. The number of carbonyl (C=O) groups excluding carboxylic acids is 1. The third-order valence-electron chi connectivity index (χ3n) is 4.34. The highest BCUT2D eigenvalue weighted by atomic mass is 79.9. The third kappa shape index (κ3) is 4.12. The topological polar surface area (TPSA) is 59.4 Å². The Kier molecular flexibility index (Phi) is 5.25. The van der Waals surface area contributed by atoms with Gasteiger partial charge in [-0.25, -0.2) is 4.79 Å². The van der Waals surface area contributed by atoms with Gasteiger partial charge in [0.15, 0.2) is 0 Å². The molecule has 128 valence electrons. The molecule has 1 N–H and O–H groups in total. The predicted molar refractivity (Wildman–Crippen MR) is 103 cm³/mol. The Morgan fingerprint density at radius 3 is 2.40 bits per heavy atom. The van der Waals surface area contributed by atoms with Crippen LogP contribution >= 0.6 is 15.9 Å². The largest absolute Gasteiger partial charge is 0.368 e. The summed E-state index contributed by atoms with van der Waals surface area (Å²) in [5.74, 6) is 0. The molecule has 1 heterocycles. The van der Waals surface area contributed by atoms with Gasteiger partial charge in [0, 0.05) is 42.0 Å². The zero-order chi connectivity index (χ0) is 17.8. The number of hydrogen-bond acceptors (Lipinski definition) is 3. The Balaban J connectivity index is 1.56. The van der Waals surface area contributed by atoms with Crippen LogP contribution in [0.1, 0.15) is 11.1 Å². The average molecular weight is 399 g/mol. The summed E-state index contributed by atoms with van der Waals surface area (Å²) in [6.07, 6.45) is 0. The first-order valence-corrected chi connectivity index (χ1v) is 8.93. The van der Waals surface area contributed by atoms with E-state index in [4.69, 9.17) is 5.26 Å². The molecular weight excluding hydrogens is 380 g/mol. The van der Waals surface area contributed by atoms with Gasteiger partial charge in [0.05, 0.1) is 11.6 Å². The minimum absolute atomic E-state index is 0.0683. The Bertz CT molecular complexity index is 805. The van der Waals surface area contributed by atoms with Crippen molar-refractivity contribution in [2.45, 2.75) is 6.92 Å². The van der Waals surface area contributed by atoms with E-state index in [1.165, 1.54) is 0 Å². The van der Waals surface area contributed by atoms with E-state index >= 15 is 0 Å². The van der Waals surface area contributed by atoms with E-state index in [1.54, 1.807) is 0 Å². The van der Waals surface area contributed by atoms with Gasteiger partial charge in [-0.1, -0.05) is 15.9 Å². The third-order valence-corrected chi connectivity index (χ3v) is 5.23. The molecule has 2 aromatic rings. The number of urea groups is 1. The Morgan fingerprint density at radius 1 is 1.12 bits per heavy atom. The molecule has 0 radical (unpaired) electrons. The Morgan fingerprint density at radius 2 is 1.80 bits per heavy atom. The zero-order valence-corrected chi connectivity index (χ0v) is 15.6. The van der Waals surface area contributed by atoms with Crippen molar-refractivity contribution < 1.29 is 4.79 Å². The summed E-state index contributed by atoms with van der Waals surface area (Å²) in [7, 11) is 0. The fourth-order valence-electron chi connectivity index (χ4n) is 2.84. The standard InChI is InChI=1S/C19H19BrN4O/c1-14-12-16(4-7-18(14)20)22-19(25)24-10-8-23(9-11-24)17-5-2-15(13-21)3-6-17/h2-7,12H,8-11H2,1H3,(H,22,25). The highest BCUT2D eigenvalue weighted by Crippen LogP contribution is 2.21. The predicted octanol–water partition coefficient (Wildman–Crippen LogP) is 3.98. The molecule has 0 unspecified atom stereocenters. The fourth-order valence-corrected chi connectivity index (χ4v) is 3.09. The van der Waals surface area contributed by atoms with E-state index in [-0.39, 0.29) is 6.03 Å². The molecule has 1 aliphatic rings. The maximum absolute atomic E-state index is 12.4. The summed E-state index contributed by atoms with van der Waals surface area (Å²) < 4.78 is 1.03. The number of amides is 2. The normalized spacial score (nSPS) is 14.1. The van der Waals surface area contributed by atoms with Crippen LogP contribution in [0.2, 0.25) is 0 Å². The lowest BCUT2D eigenvalue weighted by Crippen LogP contribution is -2.50. The zero-order valence-electron chi connectivity index (χ0n) is 14.0. The molecule has 0 atom stereocenters. The second-order valence-corrected chi connectivity index (χ2v) is 6.88. The van der Waals surface area contributed by atoms with E-state index in [2.05, 4.69) is 32.2 Å². The van der Waals surface area contributed by atoms with Crippen LogP contribution in [0.5, 0.6) is 0 Å². The molecule has 0 spiro atoms. The summed E-state index contributed by atoms with van der Waals surface area (Å²) in [4.78, 5) is 16.5. The highest BCUT2D eigenvalue weighted by Gasteiger charge is 2.21. The van der Waals surface area contributed by atoms with Crippen LogP contribution in [-0.4, -0.2) is 37.1 Å². The number of aryl methyl sites for hydroxylation is 1. The summed E-state index contributed by atoms with van der Waals surface area (Å²) in [6, 6.07) is 15.4. The average Bonchev–Trinajstić information content (AvgIpc) is 2.65. The number of hydrogen-bond donors (Lipinski definition) is 1. The van der Waals surface area contributed by atoms with Crippen LogP contribution in [0.4, 0.5) is 16.2 Å². The lowest BCUT2D eigenvalue weighted by Gasteiger charge is -2.36. The van der Waals surface area contributed by atoms with E-state index in [0.717, 1.165) is 34.5 Å². The molecule has 3 rings (SSSR count). The second-order valence-electron chi connectivity index (χ2n) is 6.03. The molecule has 0 aromatic heterocycles. The molecule has 0 saturated carbocycles. The fraction of sp³-hybridized carbons (Fsp3) is 0.263. The van der Waals surface area contributed by atoms with E-state index in [0.29, 0.717) is 18.7 Å². The van der Waals surface area contributed by atoms with Crippen molar-refractivity contribution in [3.63, 3.8) is 0 Å². The van der Waals surface area contributed by atoms with Crippen LogP contribution in [0.3, 0.4) is 0 Å². The molecule has 6 heteroatoms. The molecular formula is C19H19BrN4O. The molecule has 5 nitrogen and oxygen atoms in total. The molecule has 1 aliphatic heterocycles. The van der Waals surface area contributed by atoms with Gasteiger partial charge in [0.2, 0.25) is 0 Å². The van der Waals surface area contributed by atoms with Crippen molar-refractivity contribution in [1.29, 1.82) is 5.26 Å². The number of benzene rings is 2. The van der Waals surface area contributed by atoms with Gasteiger partial charge in [0.25, 0.3) is 0 Å². The smallest absolute Gasteiger partial charge is 0.321 e. The molecule has 25 heavy (non-hydrogen) atoms. The van der Waals surface area contributed by atoms with Gasteiger partial charge in [-0.15, -0.1) is 0 Å². The number of anilines is 2. The van der Waals surface area contributed by atoms with Gasteiger partial charge in [-0.3, -0.25) is 0 Å². The minimum Gasteiger partial charge on any atom is -0.368 e. The molecule has 1 fully saturated rings. The van der Waals surface area contributed by atoms with Crippen LogP contribution in [0, 0.1) is 18.3 Å². The van der Waals surface area contributed by atoms with Crippen molar-refractivity contribution >= 4 is 33.3 Å². The summed E-state index contributed by atoms with van der Waals surface area (Å²) in [5, 5.41) is 11.8. The maximum atomic E-state index is 12.4. The quantitative estimate of drug-likeness (QED) is 0.831. The summed E-state index contributed by atoms with van der Waals surface area (Å²) in [5.41, 5.74) is 3.64. The van der Waals surface area contributed by atoms with Crippen molar-refractivity contribution in [2.24, 2.45) is 0 Å². The molecule has 0 aliphatic carbocycles. The Hall–Kier alpha value is -2.52. The van der Waals surface area contributed by atoms with Gasteiger partial charge in [-0.2, -0.15) is 5.26 Å². The summed E-state index contributed by atoms with van der Waals surface area (Å²) in [6.45, 7) is 4.89. The number of piperazine rings is 1. The minimum atomic E-state index is -0.0683. The maximum Gasteiger partial charge on any atom is 0.321 e. The molecule has 2 amide bonds. The lowest BCUT2D eigenvalue weighted by atomic mass is 10.2. The SMILES string of the molecule is Cc1cc(NC(=O)N2CCN(c3ccc(C#N)cc3)CC2)ccc1Br. The Labute approximate surface area is 156 Å². The van der Waals surface area contributed by atoms with Crippen molar-refractivity contribution in [2.75, 3.05) is 36.4 Å².